The Labute approximate surface area is 143 Å². The van der Waals surface area contributed by atoms with Crippen LogP contribution in [0.1, 0.15) is 24.4 Å². The summed E-state index contributed by atoms with van der Waals surface area (Å²) in [7, 11) is 0. The SMILES string of the molecule is Cl.N[C@@H](c1c2ccccc2cc2ccccc12)C1CCNCC1. The fraction of sp³-hybridized carbons (Fsp3) is 0.300. The monoisotopic (exact) mass is 326 g/mol. The molecule has 0 saturated carbocycles. The van der Waals surface area contributed by atoms with Crippen molar-refractivity contribution < 1.29 is 0 Å². The van der Waals surface area contributed by atoms with Crippen LogP contribution in [0.25, 0.3) is 21.5 Å². The number of piperidine rings is 1. The van der Waals surface area contributed by atoms with Crippen LogP contribution < -0.4 is 11.1 Å². The molecular formula is C20H23ClN2. The van der Waals surface area contributed by atoms with Gasteiger partial charge in [-0.3, -0.25) is 0 Å². The van der Waals surface area contributed by atoms with Gasteiger partial charge in [-0.2, -0.15) is 0 Å². The summed E-state index contributed by atoms with van der Waals surface area (Å²) in [5, 5.41) is 8.65. The Morgan fingerprint density at radius 3 is 1.96 bits per heavy atom. The van der Waals surface area contributed by atoms with Crippen molar-refractivity contribution in [2.75, 3.05) is 13.1 Å². The summed E-state index contributed by atoms with van der Waals surface area (Å²) >= 11 is 0. The van der Waals surface area contributed by atoms with Crippen molar-refractivity contribution in [3.8, 4) is 0 Å². The van der Waals surface area contributed by atoms with Crippen LogP contribution in [0.5, 0.6) is 0 Å². The highest BCUT2D eigenvalue weighted by Crippen LogP contribution is 2.36. The van der Waals surface area contributed by atoms with Crippen LogP contribution in [-0.4, -0.2) is 13.1 Å². The minimum absolute atomic E-state index is 0. The maximum absolute atomic E-state index is 6.77. The van der Waals surface area contributed by atoms with Crippen molar-refractivity contribution >= 4 is 34.0 Å². The quantitative estimate of drug-likeness (QED) is 0.684. The number of hydrogen-bond acceptors (Lipinski definition) is 2. The molecular weight excluding hydrogens is 304 g/mol. The van der Waals surface area contributed by atoms with Crippen molar-refractivity contribution in [2.45, 2.75) is 18.9 Å². The number of benzene rings is 3. The van der Waals surface area contributed by atoms with E-state index in [1.807, 2.05) is 0 Å². The Morgan fingerprint density at radius 2 is 1.39 bits per heavy atom. The number of hydrogen-bond donors (Lipinski definition) is 2. The zero-order valence-corrected chi connectivity index (χ0v) is 14.0. The highest BCUT2D eigenvalue weighted by atomic mass is 35.5. The van der Waals surface area contributed by atoms with Crippen LogP contribution in [0.15, 0.2) is 54.6 Å². The van der Waals surface area contributed by atoms with Gasteiger partial charge in [0.2, 0.25) is 0 Å². The summed E-state index contributed by atoms with van der Waals surface area (Å²) in [6.07, 6.45) is 2.33. The Morgan fingerprint density at radius 1 is 0.870 bits per heavy atom. The van der Waals surface area contributed by atoms with Crippen molar-refractivity contribution in [1.82, 2.24) is 5.32 Å². The van der Waals surface area contributed by atoms with Gasteiger partial charge in [0.15, 0.2) is 0 Å². The second kappa shape index (κ2) is 6.88. The molecule has 0 aromatic heterocycles. The van der Waals surface area contributed by atoms with E-state index in [-0.39, 0.29) is 18.4 Å². The number of nitrogens with one attached hydrogen (secondary N) is 1. The van der Waals surface area contributed by atoms with Crippen LogP contribution in [0.2, 0.25) is 0 Å². The summed E-state index contributed by atoms with van der Waals surface area (Å²) in [5.41, 5.74) is 8.11. The average Bonchev–Trinajstić information content (AvgIpc) is 2.60. The maximum Gasteiger partial charge on any atom is 0.0336 e. The van der Waals surface area contributed by atoms with Gasteiger partial charge in [-0.15, -0.1) is 12.4 Å². The first-order chi connectivity index (χ1) is 10.8. The lowest BCUT2D eigenvalue weighted by molar-refractivity contribution is 0.324. The van der Waals surface area contributed by atoms with E-state index in [2.05, 4.69) is 59.9 Å². The standard InChI is InChI=1S/C20H22N2.ClH/c21-20(14-9-11-22-12-10-14)19-17-7-3-1-5-15(17)13-16-6-2-4-8-18(16)19;/h1-8,13-14,20,22H,9-12,21H2;1H/t20-;/m1./s1. The van der Waals surface area contributed by atoms with Crippen LogP contribution in [-0.2, 0) is 0 Å². The molecule has 1 atom stereocenters. The Hall–Kier alpha value is -1.61. The predicted octanol–water partition coefficient (Wildman–Crippen LogP) is 4.41. The van der Waals surface area contributed by atoms with Crippen LogP contribution in [0.3, 0.4) is 0 Å². The molecule has 23 heavy (non-hydrogen) atoms. The third kappa shape index (κ3) is 2.94. The number of halogens is 1. The molecule has 0 aliphatic carbocycles. The molecule has 1 fully saturated rings. The summed E-state index contributed by atoms with van der Waals surface area (Å²) < 4.78 is 0. The first kappa shape index (κ1) is 16.3. The molecule has 0 spiro atoms. The molecule has 4 rings (SSSR count). The smallest absolute Gasteiger partial charge is 0.0336 e. The van der Waals surface area contributed by atoms with Crippen molar-refractivity contribution in [3.63, 3.8) is 0 Å². The maximum atomic E-state index is 6.77. The lowest BCUT2D eigenvalue weighted by atomic mass is 9.82. The van der Waals surface area contributed by atoms with Gasteiger partial charge in [0, 0.05) is 6.04 Å². The van der Waals surface area contributed by atoms with Gasteiger partial charge < -0.3 is 11.1 Å². The molecule has 3 heteroatoms. The Kier molecular flexibility index (Phi) is 4.86. The third-order valence-electron chi connectivity index (χ3n) is 5.04. The second-order valence-electron chi connectivity index (χ2n) is 6.35. The van der Waals surface area contributed by atoms with E-state index < -0.39 is 0 Å². The molecule has 0 amide bonds. The highest BCUT2D eigenvalue weighted by molar-refractivity contribution is 6.02. The molecule has 3 N–H and O–H groups in total. The molecule has 0 bridgehead atoms. The van der Waals surface area contributed by atoms with E-state index in [1.165, 1.54) is 39.9 Å². The van der Waals surface area contributed by atoms with E-state index in [9.17, 15) is 0 Å². The van der Waals surface area contributed by atoms with Gasteiger partial charge in [-0.25, -0.2) is 0 Å². The predicted molar refractivity (Wildman–Crippen MR) is 101 cm³/mol. The van der Waals surface area contributed by atoms with Crippen LogP contribution in [0.4, 0.5) is 0 Å². The first-order valence-electron chi connectivity index (χ1n) is 8.21. The first-order valence-corrected chi connectivity index (χ1v) is 8.21. The summed E-state index contributed by atoms with van der Waals surface area (Å²) in [6, 6.07) is 19.7. The molecule has 0 radical (unpaired) electrons. The van der Waals surface area contributed by atoms with Gasteiger partial charge >= 0.3 is 0 Å². The number of nitrogens with two attached hydrogens (primary N) is 1. The van der Waals surface area contributed by atoms with Crippen molar-refractivity contribution in [3.05, 3.63) is 60.2 Å². The number of fused-ring (bicyclic) bond motifs is 2. The van der Waals surface area contributed by atoms with Gasteiger partial charge in [-0.1, -0.05) is 48.5 Å². The van der Waals surface area contributed by atoms with E-state index in [0.29, 0.717) is 5.92 Å². The topological polar surface area (TPSA) is 38.0 Å². The molecule has 1 aliphatic rings. The van der Waals surface area contributed by atoms with E-state index >= 15 is 0 Å². The van der Waals surface area contributed by atoms with Crippen molar-refractivity contribution in [1.29, 1.82) is 0 Å². The fourth-order valence-corrected chi connectivity index (χ4v) is 3.85. The molecule has 1 aliphatic heterocycles. The largest absolute Gasteiger partial charge is 0.324 e. The van der Waals surface area contributed by atoms with E-state index in [1.54, 1.807) is 0 Å². The van der Waals surface area contributed by atoms with Crippen LogP contribution >= 0.6 is 12.4 Å². The molecule has 0 unspecified atom stereocenters. The van der Waals surface area contributed by atoms with Gasteiger partial charge in [0.25, 0.3) is 0 Å². The zero-order valence-electron chi connectivity index (χ0n) is 13.2. The van der Waals surface area contributed by atoms with Gasteiger partial charge in [-0.05, 0) is 65.0 Å². The highest BCUT2D eigenvalue weighted by Gasteiger charge is 2.24. The van der Waals surface area contributed by atoms with E-state index in [0.717, 1.165) is 13.1 Å². The van der Waals surface area contributed by atoms with Gasteiger partial charge in [0.05, 0.1) is 0 Å². The minimum atomic E-state index is 0. The molecule has 120 valence electrons. The van der Waals surface area contributed by atoms with Gasteiger partial charge in [0.1, 0.15) is 0 Å². The molecule has 2 nitrogen and oxygen atoms in total. The van der Waals surface area contributed by atoms with E-state index in [4.69, 9.17) is 5.73 Å². The molecule has 1 saturated heterocycles. The molecule has 3 aromatic carbocycles. The normalized spacial score (nSPS) is 17.1. The molecule has 1 heterocycles. The lowest BCUT2D eigenvalue weighted by Crippen LogP contribution is -2.34. The lowest BCUT2D eigenvalue weighted by Gasteiger charge is -2.30. The Bertz CT molecular complexity index is 755. The summed E-state index contributed by atoms with van der Waals surface area (Å²) in [5.74, 6) is 0.565. The second-order valence-corrected chi connectivity index (χ2v) is 6.35. The van der Waals surface area contributed by atoms with Crippen molar-refractivity contribution in [2.24, 2.45) is 11.7 Å². The fourth-order valence-electron chi connectivity index (χ4n) is 3.85. The van der Waals surface area contributed by atoms with Crippen LogP contribution in [0, 0.1) is 5.92 Å². The molecule has 3 aromatic rings. The number of rotatable bonds is 2. The minimum Gasteiger partial charge on any atom is -0.324 e. The third-order valence-corrected chi connectivity index (χ3v) is 5.04. The zero-order chi connectivity index (χ0) is 14.9. The Balaban J connectivity index is 0.00000156. The summed E-state index contributed by atoms with van der Waals surface area (Å²) in [4.78, 5) is 0. The summed E-state index contributed by atoms with van der Waals surface area (Å²) in [6.45, 7) is 2.17. The average molecular weight is 327 g/mol.